The van der Waals surface area contributed by atoms with Crippen molar-refractivity contribution in [3.05, 3.63) is 113 Å². The summed E-state index contributed by atoms with van der Waals surface area (Å²) in [6, 6.07) is 23.2. The zero-order valence-corrected chi connectivity index (χ0v) is 19.6. The average molecular weight is 472 g/mol. The number of imidazole rings is 1. The number of benzene rings is 3. The highest BCUT2D eigenvalue weighted by Crippen LogP contribution is 2.44. The van der Waals surface area contributed by atoms with Crippen LogP contribution in [0.25, 0.3) is 0 Å². The van der Waals surface area contributed by atoms with Crippen molar-refractivity contribution in [2.24, 2.45) is 0 Å². The first-order valence-electron chi connectivity index (χ1n) is 11.7. The third-order valence-corrected chi connectivity index (χ3v) is 7.17. The number of halogens is 1. The van der Waals surface area contributed by atoms with Gasteiger partial charge in [0, 0.05) is 24.0 Å². The second-order valence-corrected chi connectivity index (χ2v) is 9.37. The largest absolute Gasteiger partial charge is 0.454 e. The van der Waals surface area contributed by atoms with Gasteiger partial charge in [-0.15, -0.1) is 0 Å². The Morgan fingerprint density at radius 2 is 1.50 bits per heavy atom. The summed E-state index contributed by atoms with van der Waals surface area (Å²) in [6.45, 7) is 3.59. The standard InChI is InChI=1S/C28H26ClN3O2/c29-25-10-7-23(8-11-25)28(32-16-13-30-19-32,24-9-12-26-27(17-24)34-20-33-26)22-5-3-21(4-6-22)18-31-14-1-2-15-31/h3-13,16-17,19H,1-2,14-15,18,20H2. The normalized spacial score (nSPS) is 17.1. The number of nitrogens with zero attached hydrogens (tertiary/aromatic N) is 3. The van der Waals surface area contributed by atoms with Crippen LogP contribution in [0.2, 0.25) is 5.02 Å². The molecule has 1 unspecified atom stereocenters. The first kappa shape index (κ1) is 21.3. The van der Waals surface area contributed by atoms with E-state index >= 15 is 0 Å². The molecule has 6 rings (SSSR count). The van der Waals surface area contributed by atoms with Gasteiger partial charge in [-0.2, -0.15) is 0 Å². The Morgan fingerprint density at radius 1 is 0.824 bits per heavy atom. The molecule has 1 aromatic heterocycles. The third kappa shape index (κ3) is 3.65. The maximum absolute atomic E-state index is 6.30. The van der Waals surface area contributed by atoms with E-state index < -0.39 is 5.54 Å². The number of likely N-dealkylation sites (tertiary alicyclic amines) is 1. The molecule has 172 valence electrons. The van der Waals surface area contributed by atoms with Crippen LogP contribution in [-0.2, 0) is 12.1 Å². The van der Waals surface area contributed by atoms with Gasteiger partial charge in [-0.3, -0.25) is 4.90 Å². The molecule has 0 amide bonds. The average Bonchev–Trinajstić information content (AvgIpc) is 3.65. The Kier molecular flexibility index (Phi) is 5.52. The molecule has 1 saturated heterocycles. The van der Waals surface area contributed by atoms with Crippen molar-refractivity contribution in [2.75, 3.05) is 19.9 Å². The quantitative estimate of drug-likeness (QED) is 0.338. The van der Waals surface area contributed by atoms with Gasteiger partial charge < -0.3 is 14.0 Å². The fourth-order valence-electron chi connectivity index (χ4n) is 5.27. The lowest BCUT2D eigenvalue weighted by Gasteiger charge is -2.37. The molecule has 5 nitrogen and oxygen atoms in total. The van der Waals surface area contributed by atoms with Gasteiger partial charge in [-0.25, -0.2) is 4.98 Å². The zero-order chi connectivity index (χ0) is 23.0. The Balaban J connectivity index is 1.53. The maximum atomic E-state index is 6.30. The van der Waals surface area contributed by atoms with Crippen LogP contribution in [0.1, 0.15) is 35.1 Å². The summed E-state index contributed by atoms with van der Waals surface area (Å²) in [6.07, 6.45) is 8.29. The smallest absolute Gasteiger partial charge is 0.231 e. The fourth-order valence-corrected chi connectivity index (χ4v) is 5.39. The van der Waals surface area contributed by atoms with Gasteiger partial charge in [-0.1, -0.05) is 54.1 Å². The van der Waals surface area contributed by atoms with Crippen LogP contribution in [0, 0.1) is 0 Å². The van der Waals surface area contributed by atoms with Crippen LogP contribution in [0.3, 0.4) is 0 Å². The topological polar surface area (TPSA) is 39.5 Å². The van der Waals surface area contributed by atoms with Crippen molar-refractivity contribution in [3.8, 4) is 11.5 Å². The molecule has 0 spiro atoms. The number of ether oxygens (including phenoxy) is 2. The van der Waals surface area contributed by atoms with Crippen LogP contribution in [0.15, 0.2) is 85.5 Å². The first-order valence-corrected chi connectivity index (χ1v) is 12.1. The van der Waals surface area contributed by atoms with Gasteiger partial charge in [0.05, 0.1) is 6.33 Å². The molecule has 3 aromatic carbocycles. The van der Waals surface area contributed by atoms with Gasteiger partial charge in [0.1, 0.15) is 5.54 Å². The monoisotopic (exact) mass is 471 g/mol. The highest BCUT2D eigenvalue weighted by Gasteiger charge is 2.39. The molecular weight excluding hydrogens is 446 g/mol. The summed E-state index contributed by atoms with van der Waals surface area (Å²) in [5.41, 5.74) is 3.95. The second-order valence-electron chi connectivity index (χ2n) is 8.94. The Labute approximate surface area is 204 Å². The minimum Gasteiger partial charge on any atom is -0.454 e. The minimum atomic E-state index is -0.658. The molecule has 1 fully saturated rings. The van der Waals surface area contributed by atoms with Crippen molar-refractivity contribution in [1.29, 1.82) is 0 Å². The summed E-state index contributed by atoms with van der Waals surface area (Å²) < 4.78 is 13.5. The SMILES string of the molecule is Clc1ccc(C(c2ccc(CN3CCCC3)cc2)(c2ccc3c(c2)OCO3)n2ccnc2)cc1. The molecule has 0 radical (unpaired) electrons. The van der Waals surface area contributed by atoms with Crippen molar-refractivity contribution in [3.63, 3.8) is 0 Å². The predicted molar refractivity (Wildman–Crippen MR) is 132 cm³/mol. The molecule has 34 heavy (non-hydrogen) atoms. The first-order chi connectivity index (χ1) is 16.7. The lowest BCUT2D eigenvalue weighted by atomic mass is 9.76. The summed E-state index contributed by atoms with van der Waals surface area (Å²) in [7, 11) is 0. The van der Waals surface area contributed by atoms with E-state index in [9.17, 15) is 0 Å². The number of aromatic nitrogens is 2. The van der Waals surface area contributed by atoms with Crippen molar-refractivity contribution < 1.29 is 9.47 Å². The Morgan fingerprint density at radius 3 is 2.21 bits per heavy atom. The number of hydrogen-bond donors (Lipinski definition) is 0. The van der Waals surface area contributed by atoms with E-state index in [4.69, 9.17) is 21.1 Å². The fraction of sp³-hybridized carbons (Fsp3) is 0.250. The predicted octanol–water partition coefficient (Wildman–Crippen LogP) is 5.70. The molecule has 0 aliphatic carbocycles. The van der Waals surface area contributed by atoms with Crippen LogP contribution in [0.4, 0.5) is 0 Å². The lowest BCUT2D eigenvalue weighted by molar-refractivity contribution is 0.174. The summed E-state index contributed by atoms with van der Waals surface area (Å²) in [5.74, 6) is 1.52. The van der Waals surface area contributed by atoms with Crippen molar-refractivity contribution in [1.82, 2.24) is 14.5 Å². The molecular formula is C28H26ClN3O2. The van der Waals surface area contributed by atoms with E-state index in [0.717, 1.165) is 34.7 Å². The molecule has 0 N–H and O–H groups in total. The van der Waals surface area contributed by atoms with E-state index in [1.807, 2.05) is 36.9 Å². The molecule has 4 aromatic rings. The molecule has 2 aliphatic rings. The van der Waals surface area contributed by atoms with Gasteiger partial charge in [-0.05, 0) is 72.5 Å². The Bertz CT molecular complexity index is 1270. The van der Waals surface area contributed by atoms with E-state index in [1.165, 1.54) is 31.5 Å². The van der Waals surface area contributed by atoms with E-state index in [1.54, 1.807) is 0 Å². The van der Waals surface area contributed by atoms with Crippen LogP contribution < -0.4 is 9.47 Å². The van der Waals surface area contributed by atoms with E-state index in [-0.39, 0.29) is 6.79 Å². The number of fused-ring (bicyclic) bond motifs is 1. The molecule has 3 heterocycles. The van der Waals surface area contributed by atoms with E-state index in [0.29, 0.717) is 5.02 Å². The van der Waals surface area contributed by atoms with Crippen LogP contribution in [0.5, 0.6) is 11.5 Å². The van der Waals surface area contributed by atoms with Gasteiger partial charge in [0.25, 0.3) is 0 Å². The minimum absolute atomic E-state index is 0.239. The van der Waals surface area contributed by atoms with Gasteiger partial charge in [0.15, 0.2) is 11.5 Å². The zero-order valence-electron chi connectivity index (χ0n) is 18.9. The van der Waals surface area contributed by atoms with Crippen molar-refractivity contribution >= 4 is 11.6 Å². The highest BCUT2D eigenvalue weighted by molar-refractivity contribution is 6.30. The molecule has 6 heteroatoms. The van der Waals surface area contributed by atoms with Crippen LogP contribution >= 0.6 is 11.6 Å². The Hall–Kier alpha value is -3.28. The van der Waals surface area contributed by atoms with Crippen molar-refractivity contribution in [2.45, 2.75) is 24.9 Å². The highest BCUT2D eigenvalue weighted by atomic mass is 35.5. The number of rotatable bonds is 6. The summed E-state index contributed by atoms with van der Waals surface area (Å²) in [5, 5.41) is 0.704. The van der Waals surface area contributed by atoms with Gasteiger partial charge >= 0.3 is 0 Å². The lowest BCUT2D eigenvalue weighted by Crippen LogP contribution is -2.37. The van der Waals surface area contributed by atoms with Gasteiger partial charge in [0.2, 0.25) is 6.79 Å². The maximum Gasteiger partial charge on any atom is 0.231 e. The molecule has 0 bridgehead atoms. The molecule has 0 saturated carbocycles. The molecule has 2 aliphatic heterocycles. The summed E-state index contributed by atoms with van der Waals surface area (Å²) in [4.78, 5) is 6.94. The molecule has 1 atom stereocenters. The number of hydrogen-bond acceptors (Lipinski definition) is 4. The third-order valence-electron chi connectivity index (χ3n) is 6.92. The van der Waals surface area contributed by atoms with E-state index in [2.05, 4.69) is 63.0 Å². The summed E-state index contributed by atoms with van der Waals surface area (Å²) >= 11 is 6.30. The van der Waals surface area contributed by atoms with Crippen LogP contribution in [-0.4, -0.2) is 34.3 Å². The second kappa shape index (κ2) is 8.82.